The summed E-state index contributed by atoms with van der Waals surface area (Å²) in [6, 6.07) is 0. The minimum Gasteiger partial charge on any atom is -0.369 e. The Balaban J connectivity index is 1.43. The van der Waals surface area contributed by atoms with E-state index in [1.807, 2.05) is 0 Å². The number of aromatic amines is 1. The number of rotatable bonds is 8. The van der Waals surface area contributed by atoms with Crippen LogP contribution in [0.2, 0.25) is 0 Å². The molecule has 0 aliphatic carbocycles. The number of nitrogens with one attached hydrogen (secondary N) is 1. The Morgan fingerprint density at radius 1 is 1.14 bits per heavy atom. The largest absolute Gasteiger partial charge is 0.437 e. The molecule has 5 rings (SSSR count). The van der Waals surface area contributed by atoms with Gasteiger partial charge in [0.2, 0.25) is 5.95 Å². The first-order chi connectivity index (χ1) is 16.6. The lowest BCUT2D eigenvalue weighted by Crippen LogP contribution is -2.29. The number of nitrogen functional groups attached to an aromatic ring is 1. The molecule has 0 spiro atoms. The van der Waals surface area contributed by atoms with E-state index >= 15 is 0 Å². The molecular weight excluding hydrogens is 508 g/mol. The van der Waals surface area contributed by atoms with Crippen LogP contribution in [0.25, 0.3) is 11.2 Å². The highest BCUT2D eigenvalue weighted by molar-refractivity contribution is 7.51. The van der Waals surface area contributed by atoms with Crippen LogP contribution >= 0.6 is 15.5 Å². The number of nitrogens with two attached hydrogens (primary N) is 1. The number of hydrogen-bond donors (Lipinski definition) is 4. The van der Waals surface area contributed by atoms with Crippen molar-refractivity contribution in [2.45, 2.75) is 24.9 Å². The van der Waals surface area contributed by atoms with Gasteiger partial charge in [-0.1, -0.05) is 0 Å². The van der Waals surface area contributed by atoms with Crippen molar-refractivity contribution < 1.29 is 32.7 Å². The smallest absolute Gasteiger partial charge is 0.369 e. The predicted octanol–water partition coefficient (Wildman–Crippen LogP) is 0.0815. The predicted molar refractivity (Wildman–Crippen MR) is 117 cm³/mol. The molecule has 1 saturated heterocycles. The van der Waals surface area contributed by atoms with Crippen LogP contribution in [-0.2, 0) is 22.9 Å². The van der Waals surface area contributed by atoms with Crippen molar-refractivity contribution in [1.82, 2.24) is 38.2 Å². The van der Waals surface area contributed by atoms with Gasteiger partial charge in [-0.05, 0) is 0 Å². The molecule has 35 heavy (non-hydrogen) atoms. The second-order valence-corrected chi connectivity index (χ2v) is 10.8. The molecule has 5 heterocycles. The Labute approximate surface area is 195 Å². The molecule has 4 aromatic heterocycles. The molecule has 4 aromatic rings. The number of hydrogen-bond acceptors (Lipinski definition) is 11. The molecule has 186 valence electrons. The third kappa shape index (κ3) is 4.58. The van der Waals surface area contributed by atoms with Crippen LogP contribution in [0.5, 0.6) is 0 Å². The highest BCUT2D eigenvalue weighted by Gasteiger charge is 2.43. The molecule has 0 amide bonds. The number of imidazole rings is 3. The van der Waals surface area contributed by atoms with Gasteiger partial charge >= 0.3 is 15.5 Å². The van der Waals surface area contributed by atoms with Gasteiger partial charge in [0.15, 0.2) is 11.2 Å². The number of fused-ring (bicyclic) bond motifs is 1. The SMILES string of the molecule is Nc1nc2c(ncn2[C@H]2C[C@H](OP(=O)(O)n3ccnc3)[C@@H](COP(=O)(O)n3ccnc3)O2)c(=O)[nH]1. The molecule has 19 heteroatoms. The Hall–Kier alpha value is -3.17. The summed E-state index contributed by atoms with van der Waals surface area (Å²) >= 11 is 0. The number of anilines is 1. The van der Waals surface area contributed by atoms with E-state index in [9.17, 15) is 23.7 Å². The van der Waals surface area contributed by atoms with Crippen molar-refractivity contribution in [3.63, 3.8) is 0 Å². The fourth-order valence-corrected chi connectivity index (χ4v) is 5.55. The van der Waals surface area contributed by atoms with Gasteiger partial charge in [-0.3, -0.25) is 23.4 Å². The average Bonchev–Trinajstić information content (AvgIpc) is 3.59. The molecule has 5 N–H and O–H groups in total. The lowest BCUT2D eigenvalue weighted by molar-refractivity contribution is -0.0374. The second kappa shape index (κ2) is 8.80. The molecule has 0 saturated carbocycles. The molecular formula is C16H19N9O8P2. The van der Waals surface area contributed by atoms with E-state index in [1.54, 1.807) is 0 Å². The van der Waals surface area contributed by atoms with Gasteiger partial charge in [-0.2, -0.15) is 4.98 Å². The molecule has 5 atom stereocenters. The first-order valence-corrected chi connectivity index (χ1v) is 13.0. The van der Waals surface area contributed by atoms with Crippen molar-refractivity contribution in [3.05, 3.63) is 54.1 Å². The summed E-state index contributed by atoms with van der Waals surface area (Å²) in [7, 11) is -8.74. The fourth-order valence-electron chi connectivity index (χ4n) is 3.56. The normalized spacial score (nSPS) is 23.9. The van der Waals surface area contributed by atoms with Gasteiger partial charge < -0.3 is 20.3 Å². The van der Waals surface area contributed by atoms with E-state index in [0.717, 1.165) is 21.3 Å². The quantitative estimate of drug-likeness (QED) is 0.223. The summed E-state index contributed by atoms with van der Waals surface area (Å²) in [5.41, 5.74) is 5.21. The maximum absolute atomic E-state index is 12.8. The Kier molecular flexibility index (Phi) is 5.93. The minimum atomic E-state index is -4.41. The minimum absolute atomic E-state index is 0.00572. The highest BCUT2D eigenvalue weighted by Crippen LogP contribution is 2.49. The average molecular weight is 527 g/mol. The van der Waals surface area contributed by atoms with Gasteiger partial charge in [0.1, 0.15) is 31.1 Å². The van der Waals surface area contributed by atoms with Gasteiger partial charge in [0, 0.05) is 31.2 Å². The second-order valence-electron chi connectivity index (χ2n) is 7.45. The number of H-pyrrole nitrogens is 1. The van der Waals surface area contributed by atoms with E-state index in [-0.39, 0.29) is 23.5 Å². The van der Waals surface area contributed by atoms with Crippen molar-refractivity contribution in [2.75, 3.05) is 12.3 Å². The lowest BCUT2D eigenvalue weighted by atomic mass is 10.2. The summed E-state index contributed by atoms with van der Waals surface area (Å²) < 4.78 is 45.2. The molecule has 0 radical (unpaired) electrons. The molecule has 0 bridgehead atoms. The van der Waals surface area contributed by atoms with E-state index in [4.69, 9.17) is 19.5 Å². The first-order valence-electron chi connectivity index (χ1n) is 9.98. The maximum atomic E-state index is 12.8. The summed E-state index contributed by atoms with van der Waals surface area (Å²) in [4.78, 5) is 50.7. The molecule has 0 aromatic carbocycles. The van der Waals surface area contributed by atoms with Crippen LogP contribution < -0.4 is 11.3 Å². The van der Waals surface area contributed by atoms with Crippen LogP contribution in [0.15, 0.2) is 48.6 Å². The number of nitrogens with zero attached hydrogens (tertiary/aromatic N) is 7. The summed E-state index contributed by atoms with van der Waals surface area (Å²) in [5.74, 6) is -0.142. The van der Waals surface area contributed by atoms with Gasteiger partial charge in [-0.25, -0.2) is 32.8 Å². The van der Waals surface area contributed by atoms with Crippen LogP contribution in [0.3, 0.4) is 0 Å². The van der Waals surface area contributed by atoms with Crippen molar-refractivity contribution in [2.24, 2.45) is 0 Å². The molecule has 2 unspecified atom stereocenters. The summed E-state index contributed by atoms with van der Waals surface area (Å²) in [6.45, 7) is -0.486. The Morgan fingerprint density at radius 3 is 2.49 bits per heavy atom. The topological polar surface area (TPSA) is 228 Å². The zero-order valence-corrected chi connectivity index (χ0v) is 19.4. The van der Waals surface area contributed by atoms with Gasteiger partial charge in [-0.15, -0.1) is 0 Å². The molecule has 17 nitrogen and oxygen atoms in total. The van der Waals surface area contributed by atoms with E-state index < -0.39 is 46.1 Å². The summed E-state index contributed by atoms with van der Waals surface area (Å²) in [6.07, 6.45) is 5.56. The van der Waals surface area contributed by atoms with Crippen LogP contribution in [0.1, 0.15) is 12.6 Å². The van der Waals surface area contributed by atoms with Gasteiger partial charge in [0.05, 0.1) is 12.9 Å². The monoisotopic (exact) mass is 527 g/mol. The maximum Gasteiger partial charge on any atom is 0.437 e. The number of aromatic nitrogens is 8. The van der Waals surface area contributed by atoms with E-state index in [1.165, 1.54) is 35.7 Å². The van der Waals surface area contributed by atoms with Crippen LogP contribution in [0.4, 0.5) is 5.95 Å². The van der Waals surface area contributed by atoms with E-state index in [0.29, 0.717) is 0 Å². The summed E-state index contributed by atoms with van der Waals surface area (Å²) in [5, 5.41) is 0. The van der Waals surface area contributed by atoms with Gasteiger partial charge in [0.25, 0.3) is 5.56 Å². The van der Waals surface area contributed by atoms with Crippen molar-refractivity contribution in [1.29, 1.82) is 0 Å². The number of ether oxygens (including phenoxy) is 1. The van der Waals surface area contributed by atoms with Crippen molar-refractivity contribution >= 4 is 32.6 Å². The Morgan fingerprint density at radius 2 is 1.83 bits per heavy atom. The fraction of sp³-hybridized carbons (Fsp3) is 0.312. The molecule has 1 aliphatic rings. The first kappa shape index (κ1) is 23.6. The highest BCUT2D eigenvalue weighted by atomic mass is 31.2. The molecule has 1 fully saturated rings. The lowest BCUT2D eigenvalue weighted by Gasteiger charge is -2.22. The molecule has 1 aliphatic heterocycles. The Bertz CT molecular complexity index is 1480. The zero-order valence-electron chi connectivity index (χ0n) is 17.6. The van der Waals surface area contributed by atoms with Crippen LogP contribution in [-0.4, -0.2) is 66.8 Å². The zero-order chi connectivity index (χ0) is 24.8. The van der Waals surface area contributed by atoms with Crippen LogP contribution in [0, 0.1) is 0 Å². The van der Waals surface area contributed by atoms with E-state index in [2.05, 4.69) is 24.9 Å². The third-order valence-electron chi connectivity index (χ3n) is 5.19. The standard InChI is InChI=1S/C16H19N9O8P2/c17-16-21-14-13(15(26)22-16)20-9-25(14)12-5-10(33-35(29,30)24-4-2-19-8-24)11(32-12)6-31-34(27,28)23-3-1-18-7-23/h1-4,7-12H,5-6H2,(H,27,28)(H,29,30)(H3,17,21,22,26)/t10-,11+,12+/m0/s1. The third-order valence-corrected chi connectivity index (χ3v) is 7.86. The van der Waals surface area contributed by atoms with Crippen molar-refractivity contribution in [3.8, 4) is 0 Å².